The van der Waals surface area contributed by atoms with Crippen LogP contribution in [-0.2, 0) is 4.79 Å². The molecule has 0 aliphatic carbocycles. The molecule has 1 unspecified atom stereocenters. The lowest BCUT2D eigenvalue weighted by molar-refractivity contribution is -0.137. The van der Waals surface area contributed by atoms with E-state index in [1.54, 1.807) is 0 Å². The molecule has 1 saturated heterocycles. The van der Waals surface area contributed by atoms with Crippen LogP contribution in [0.3, 0.4) is 0 Å². The van der Waals surface area contributed by atoms with Gasteiger partial charge in [0.25, 0.3) is 0 Å². The third-order valence-electron chi connectivity index (χ3n) is 3.66. The Morgan fingerprint density at radius 3 is 2.83 bits per heavy atom. The lowest BCUT2D eigenvalue weighted by atomic mass is 9.99. The Balaban J connectivity index is 2.27. The van der Waals surface area contributed by atoms with E-state index in [1.807, 2.05) is 6.07 Å². The molecule has 0 radical (unpaired) electrons. The highest BCUT2D eigenvalue weighted by Gasteiger charge is 2.28. The molecule has 1 atom stereocenters. The molecule has 0 bridgehead atoms. The van der Waals surface area contributed by atoms with Crippen molar-refractivity contribution in [2.24, 2.45) is 0 Å². The Morgan fingerprint density at radius 2 is 2.17 bits per heavy atom. The molecule has 0 aromatic heterocycles. The third kappa shape index (κ3) is 2.66. The van der Waals surface area contributed by atoms with Crippen molar-refractivity contribution >= 4 is 11.7 Å². The van der Waals surface area contributed by atoms with Gasteiger partial charge in [0.2, 0.25) is 0 Å². The van der Waals surface area contributed by atoms with Gasteiger partial charge in [-0.25, -0.2) is 0 Å². The number of carboxylic acids is 1. The molecule has 2 rings (SSSR count). The molecule has 1 aliphatic heterocycles. The van der Waals surface area contributed by atoms with Crippen molar-refractivity contribution in [2.75, 3.05) is 11.4 Å². The van der Waals surface area contributed by atoms with E-state index in [1.165, 1.54) is 11.3 Å². The summed E-state index contributed by atoms with van der Waals surface area (Å²) in [5, 5.41) is 8.99. The molecule has 0 saturated carbocycles. The number of hydrogen-bond donors (Lipinski definition) is 1. The Labute approximate surface area is 108 Å². The minimum atomic E-state index is -0.700. The molecule has 1 fully saturated rings. The molecule has 1 heterocycles. The van der Waals surface area contributed by atoms with Crippen molar-refractivity contribution in [3.63, 3.8) is 0 Å². The van der Waals surface area contributed by atoms with Crippen molar-refractivity contribution in [1.82, 2.24) is 0 Å². The molecule has 1 aliphatic rings. The number of carbonyl (C=O) groups is 1. The van der Waals surface area contributed by atoms with Crippen LogP contribution in [0.1, 0.15) is 44.6 Å². The van der Waals surface area contributed by atoms with Gasteiger partial charge in [0.15, 0.2) is 0 Å². The lowest BCUT2D eigenvalue weighted by Gasteiger charge is -2.29. The molecule has 0 spiro atoms. The smallest absolute Gasteiger partial charge is 0.305 e. The van der Waals surface area contributed by atoms with Gasteiger partial charge in [-0.3, -0.25) is 4.79 Å². The Hall–Kier alpha value is -1.51. The number of anilines is 1. The van der Waals surface area contributed by atoms with E-state index in [0.717, 1.165) is 19.4 Å². The zero-order valence-corrected chi connectivity index (χ0v) is 11.1. The van der Waals surface area contributed by atoms with Crippen LogP contribution < -0.4 is 4.90 Å². The number of benzene rings is 1. The van der Waals surface area contributed by atoms with Crippen LogP contribution in [0.15, 0.2) is 24.3 Å². The van der Waals surface area contributed by atoms with Crippen LogP contribution in [0.5, 0.6) is 0 Å². The van der Waals surface area contributed by atoms with E-state index in [-0.39, 0.29) is 12.5 Å². The molecule has 3 nitrogen and oxygen atoms in total. The fourth-order valence-electron chi connectivity index (χ4n) is 2.80. The van der Waals surface area contributed by atoms with Crippen molar-refractivity contribution < 1.29 is 9.90 Å². The predicted octanol–water partition coefficient (Wildman–Crippen LogP) is 3.25. The minimum Gasteiger partial charge on any atom is -0.481 e. The zero-order chi connectivity index (χ0) is 13.1. The Bertz CT molecular complexity index is 428. The topological polar surface area (TPSA) is 40.5 Å². The second-order valence-corrected chi connectivity index (χ2v) is 5.30. The molecule has 0 amide bonds. The highest BCUT2D eigenvalue weighted by molar-refractivity contribution is 5.69. The highest BCUT2D eigenvalue weighted by Crippen LogP contribution is 2.33. The first-order chi connectivity index (χ1) is 8.59. The van der Waals surface area contributed by atoms with E-state index >= 15 is 0 Å². The maximum absolute atomic E-state index is 10.9. The lowest BCUT2D eigenvalue weighted by Crippen LogP contribution is -2.32. The third-order valence-corrected chi connectivity index (χ3v) is 3.66. The fourth-order valence-corrected chi connectivity index (χ4v) is 2.80. The van der Waals surface area contributed by atoms with Crippen molar-refractivity contribution in [1.29, 1.82) is 0 Å². The first-order valence-corrected chi connectivity index (χ1v) is 6.67. The van der Waals surface area contributed by atoms with E-state index < -0.39 is 5.97 Å². The molecule has 1 aromatic carbocycles. The molecule has 98 valence electrons. The summed E-state index contributed by atoms with van der Waals surface area (Å²) >= 11 is 0. The summed E-state index contributed by atoms with van der Waals surface area (Å²) in [5.74, 6) is -0.235. The average molecular weight is 247 g/mol. The van der Waals surface area contributed by atoms with Gasteiger partial charge < -0.3 is 10.0 Å². The number of nitrogens with zero attached hydrogens (tertiary/aromatic N) is 1. The van der Waals surface area contributed by atoms with E-state index in [2.05, 4.69) is 36.9 Å². The normalized spacial score (nSPS) is 19.5. The second kappa shape index (κ2) is 5.42. The van der Waals surface area contributed by atoms with Gasteiger partial charge >= 0.3 is 5.97 Å². The van der Waals surface area contributed by atoms with Crippen molar-refractivity contribution in [3.8, 4) is 0 Å². The van der Waals surface area contributed by atoms with Gasteiger partial charge in [-0.15, -0.1) is 0 Å². The highest BCUT2D eigenvalue weighted by atomic mass is 16.4. The summed E-state index contributed by atoms with van der Waals surface area (Å²) in [7, 11) is 0. The monoisotopic (exact) mass is 247 g/mol. The van der Waals surface area contributed by atoms with E-state index in [0.29, 0.717) is 5.92 Å². The van der Waals surface area contributed by atoms with Crippen LogP contribution in [-0.4, -0.2) is 23.7 Å². The van der Waals surface area contributed by atoms with Gasteiger partial charge in [-0.1, -0.05) is 32.0 Å². The maximum atomic E-state index is 10.9. The fraction of sp³-hybridized carbons (Fsp3) is 0.533. The molecule has 18 heavy (non-hydrogen) atoms. The zero-order valence-electron chi connectivity index (χ0n) is 11.1. The molecule has 1 aromatic rings. The molecular weight excluding hydrogens is 226 g/mol. The van der Waals surface area contributed by atoms with Crippen LogP contribution in [0.25, 0.3) is 0 Å². The summed E-state index contributed by atoms with van der Waals surface area (Å²) in [6.45, 7) is 5.34. The SMILES string of the molecule is CC(C)c1ccccc1N1CCCC1CC(=O)O. The van der Waals surface area contributed by atoms with Gasteiger partial charge in [0.05, 0.1) is 6.42 Å². The second-order valence-electron chi connectivity index (χ2n) is 5.30. The van der Waals surface area contributed by atoms with Crippen LogP contribution in [0.4, 0.5) is 5.69 Å². The summed E-state index contributed by atoms with van der Waals surface area (Å²) in [4.78, 5) is 13.2. The van der Waals surface area contributed by atoms with Crippen LogP contribution in [0, 0.1) is 0 Å². The van der Waals surface area contributed by atoms with Crippen LogP contribution >= 0.6 is 0 Å². The van der Waals surface area contributed by atoms with Crippen molar-refractivity contribution in [2.45, 2.75) is 45.1 Å². The van der Waals surface area contributed by atoms with E-state index in [9.17, 15) is 4.79 Å². The first-order valence-electron chi connectivity index (χ1n) is 6.67. The predicted molar refractivity (Wildman–Crippen MR) is 73.2 cm³/mol. The average Bonchev–Trinajstić information content (AvgIpc) is 2.76. The molecule has 1 N–H and O–H groups in total. The minimum absolute atomic E-state index is 0.155. The number of para-hydroxylation sites is 1. The standard InChI is InChI=1S/C15H21NO2/c1-11(2)13-7-3-4-8-14(13)16-9-5-6-12(16)10-15(17)18/h3-4,7-8,11-12H,5-6,9-10H2,1-2H3,(H,17,18). The van der Waals surface area contributed by atoms with Gasteiger partial charge in [0, 0.05) is 18.3 Å². The Morgan fingerprint density at radius 1 is 1.44 bits per heavy atom. The number of hydrogen-bond acceptors (Lipinski definition) is 2. The van der Waals surface area contributed by atoms with Crippen molar-refractivity contribution in [3.05, 3.63) is 29.8 Å². The molecular formula is C15H21NO2. The van der Waals surface area contributed by atoms with Gasteiger partial charge in [0.1, 0.15) is 0 Å². The summed E-state index contributed by atoms with van der Waals surface area (Å²) in [6.07, 6.45) is 2.32. The Kier molecular flexibility index (Phi) is 3.90. The molecule has 3 heteroatoms. The number of carboxylic acid groups (broad SMARTS) is 1. The van der Waals surface area contributed by atoms with Gasteiger partial charge in [-0.05, 0) is 30.4 Å². The number of aliphatic carboxylic acids is 1. The first kappa shape index (κ1) is 12.9. The maximum Gasteiger partial charge on any atom is 0.305 e. The quantitative estimate of drug-likeness (QED) is 0.887. The largest absolute Gasteiger partial charge is 0.481 e. The van der Waals surface area contributed by atoms with Gasteiger partial charge in [-0.2, -0.15) is 0 Å². The summed E-state index contributed by atoms with van der Waals surface area (Å²) in [5.41, 5.74) is 2.53. The summed E-state index contributed by atoms with van der Waals surface area (Å²) < 4.78 is 0. The van der Waals surface area contributed by atoms with Crippen LogP contribution in [0.2, 0.25) is 0 Å². The van der Waals surface area contributed by atoms with E-state index in [4.69, 9.17) is 5.11 Å². The number of rotatable bonds is 4. The summed E-state index contributed by atoms with van der Waals surface area (Å²) in [6, 6.07) is 8.52.